The summed E-state index contributed by atoms with van der Waals surface area (Å²) in [5.74, 6) is -0.161. The van der Waals surface area contributed by atoms with E-state index in [1.54, 1.807) is 0 Å². The molecular weight excluding hydrogens is 175 g/mol. The zero-order chi connectivity index (χ0) is 10.2. The van der Waals surface area contributed by atoms with Crippen molar-refractivity contribution >= 4 is 5.57 Å². The van der Waals surface area contributed by atoms with Crippen LogP contribution in [0.3, 0.4) is 0 Å². The first kappa shape index (κ1) is 9.45. The van der Waals surface area contributed by atoms with Gasteiger partial charge in [0.1, 0.15) is 5.82 Å². The van der Waals surface area contributed by atoms with Gasteiger partial charge in [0.05, 0.1) is 0 Å². The summed E-state index contributed by atoms with van der Waals surface area (Å²) >= 11 is 0. The predicted octanol–water partition coefficient (Wildman–Crippen LogP) is 4.03. The van der Waals surface area contributed by atoms with Crippen LogP contribution in [0.15, 0.2) is 30.3 Å². The molecule has 0 unspecified atom stereocenters. The van der Waals surface area contributed by atoms with Crippen LogP contribution in [-0.2, 0) is 0 Å². The normalized spacial score (nSPS) is 19.5. The smallest absolute Gasteiger partial charge is 0.123 e. The lowest BCUT2D eigenvalue weighted by Crippen LogP contribution is -2.04. The second kappa shape index (κ2) is 3.23. The quantitative estimate of drug-likeness (QED) is 0.627. The Balaban J connectivity index is 2.22. The van der Waals surface area contributed by atoms with Gasteiger partial charge in [0.15, 0.2) is 0 Å². The number of benzene rings is 1. The molecule has 0 heterocycles. The molecule has 0 atom stereocenters. The summed E-state index contributed by atoms with van der Waals surface area (Å²) in [5.41, 5.74) is 2.90. The van der Waals surface area contributed by atoms with Gasteiger partial charge >= 0.3 is 0 Å². The molecule has 1 aromatic rings. The summed E-state index contributed by atoms with van der Waals surface area (Å²) in [6, 6.07) is 6.79. The number of allylic oxidation sites excluding steroid dienone is 2. The molecule has 0 nitrogen and oxygen atoms in total. The third-order valence-corrected chi connectivity index (χ3v) is 2.79. The average Bonchev–Trinajstić information content (AvgIpc) is 2.47. The molecule has 0 saturated carbocycles. The monoisotopic (exact) mass is 190 g/mol. The summed E-state index contributed by atoms with van der Waals surface area (Å²) in [5, 5.41) is 0. The van der Waals surface area contributed by atoms with Gasteiger partial charge in [-0.15, -0.1) is 0 Å². The van der Waals surface area contributed by atoms with E-state index < -0.39 is 0 Å². The van der Waals surface area contributed by atoms with Crippen LogP contribution in [0.25, 0.3) is 5.57 Å². The van der Waals surface area contributed by atoms with Crippen LogP contribution in [0, 0.1) is 11.2 Å². The average molecular weight is 190 g/mol. The molecule has 0 amide bonds. The van der Waals surface area contributed by atoms with Crippen molar-refractivity contribution in [3.63, 3.8) is 0 Å². The van der Waals surface area contributed by atoms with E-state index in [-0.39, 0.29) is 5.82 Å². The van der Waals surface area contributed by atoms with Crippen molar-refractivity contribution < 1.29 is 4.39 Å². The predicted molar refractivity (Wildman–Crippen MR) is 57.4 cm³/mol. The van der Waals surface area contributed by atoms with Crippen LogP contribution in [0.4, 0.5) is 4.39 Å². The maximum Gasteiger partial charge on any atom is 0.123 e. The van der Waals surface area contributed by atoms with Gasteiger partial charge in [-0.1, -0.05) is 32.1 Å². The van der Waals surface area contributed by atoms with E-state index in [2.05, 4.69) is 19.9 Å². The van der Waals surface area contributed by atoms with E-state index in [1.165, 1.54) is 17.7 Å². The molecule has 0 fully saturated rings. The molecule has 0 aliphatic heterocycles. The van der Waals surface area contributed by atoms with Gasteiger partial charge in [0.2, 0.25) is 0 Å². The molecule has 2 rings (SSSR count). The van der Waals surface area contributed by atoms with Crippen LogP contribution in [0.2, 0.25) is 0 Å². The zero-order valence-corrected chi connectivity index (χ0v) is 8.68. The van der Waals surface area contributed by atoms with Crippen LogP contribution in [-0.4, -0.2) is 0 Å². The molecule has 1 aliphatic carbocycles. The molecule has 0 radical (unpaired) electrons. The Kier molecular flexibility index (Phi) is 2.18. The summed E-state index contributed by atoms with van der Waals surface area (Å²) in [7, 11) is 0. The van der Waals surface area contributed by atoms with Crippen molar-refractivity contribution in [1.29, 1.82) is 0 Å². The van der Waals surface area contributed by atoms with E-state index in [0.717, 1.165) is 18.4 Å². The Morgan fingerprint density at radius 1 is 1.14 bits per heavy atom. The molecule has 74 valence electrons. The second-order valence-corrected chi connectivity index (χ2v) is 4.78. The molecule has 1 aromatic carbocycles. The van der Waals surface area contributed by atoms with Gasteiger partial charge in [-0.3, -0.25) is 0 Å². The standard InChI is InChI=1S/C13H15F/c1-13(2)8-7-11(9-13)10-3-5-12(14)6-4-10/h3-7H,8-9H2,1-2H3. The third-order valence-electron chi connectivity index (χ3n) is 2.79. The van der Waals surface area contributed by atoms with E-state index in [1.807, 2.05) is 12.1 Å². The first-order valence-electron chi connectivity index (χ1n) is 5.02. The highest BCUT2D eigenvalue weighted by Crippen LogP contribution is 2.40. The number of rotatable bonds is 1. The molecule has 0 spiro atoms. The van der Waals surface area contributed by atoms with Crippen molar-refractivity contribution in [1.82, 2.24) is 0 Å². The SMILES string of the molecule is CC1(C)CC=C(c2ccc(F)cc2)C1. The van der Waals surface area contributed by atoms with Crippen molar-refractivity contribution in [2.75, 3.05) is 0 Å². The summed E-state index contributed by atoms with van der Waals surface area (Å²) < 4.78 is 12.7. The van der Waals surface area contributed by atoms with Gasteiger partial charge in [0.25, 0.3) is 0 Å². The fourth-order valence-corrected chi connectivity index (χ4v) is 1.94. The molecular formula is C13H15F. The molecule has 0 bridgehead atoms. The first-order chi connectivity index (χ1) is 6.57. The fraction of sp³-hybridized carbons (Fsp3) is 0.385. The Morgan fingerprint density at radius 2 is 1.79 bits per heavy atom. The van der Waals surface area contributed by atoms with Gasteiger partial charge in [-0.25, -0.2) is 4.39 Å². The van der Waals surface area contributed by atoms with Crippen LogP contribution < -0.4 is 0 Å². The Hall–Kier alpha value is -1.11. The fourth-order valence-electron chi connectivity index (χ4n) is 1.94. The Labute approximate surface area is 84.5 Å². The Morgan fingerprint density at radius 3 is 2.29 bits per heavy atom. The maximum atomic E-state index is 12.7. The molecule has 1 heteroatoms. The molecule has 14 heavy (non-hydrogen) atoms. The van der Waals surface area contributed by atoms with Crippen LogP contribution in [0.5, 0.6) is 0 Å². The van der Waals surface area contributed by atoms with Gasteiger partial charge in [0, 0.05) is 0 Å². The first-order valence-corrected chi connectivity index (χ1v) is 5.02. The molecule has 1 aliphatic rings. The number of hydrogen-bond donors (Lipinski definition) is 0. The topological polar surface area (TPSA) is 0 Å². The maximum absolute atomic E-state index is 12.7. The van der Waals surface area contributed by atoms with Crippen molar-refractivity contribution in [2.24, 2.45) is 5.41 Å². The van der Waals surface area contributed by atoms with Gasteiger partial charge in [-0.05, 0) is 41.5 Å². The minimum atomic E-state index is -0.161. The zero-order valence-electron chi connectivity index (χ0n) is 8.68. The van der Waals surface area contributed by atoms with Crippen LogP contribution >= 0.6 is 0 Å². The number of hydrogen-bond acceptors (Lipinski definition) is 0. The third kappa shape index (κ3) is 1.87. The molecule has 0 saturated heterocycles. The molecule has 0 N–H and O–H groups in total. The van der Waals surface area contributed by atoms with E-state index in [4.69, 9.17) is 0 Å². The van der Waals surface area contributed by atoms with E-state index >= 15 is 0 Å². The van der Waals surface area contributed by atoms with Crippen LogP contribution in [0.1, 0.15) is 32.3 Å². The highest BCUT2D eigenvalue weighted by Gasteiger charge is 2.24. The highest BCUT2D eigenvalue weighted by atomic mass is 19.1. The highest BCUT2D eigenvalue weighted by molar-refractivity contribution is 5.68. The van der Waals surface area contributed by atoms with Crippen molar-refractivity contribution in [2.45, 2.75) is 26.7 Å². The lowest BCUT2D eigenvalue weighted by atomic mass is 9.88. The summed E-state index contributed by atoms with van der Waals surface area (Å²) in [6.07, 6.45) is 4.49. The van der Waals surface area contributed by atoms with Crippen molar-refractivity contribution in [3.05, 3.63) is 41.7 Å². The Bertz CT molecular complexity index is 357. The largest absolute Gasteiger partial charge is 0.207 e. The second-order valence-electron chi connectivity index (χ2n) is 4.78. The summed E-state index contributed by atoms with van der Waals surface area (Å²) in [6.45, 7) is 4.53. The lowest BCUT2D eigenvalue weighted by molar-refractivity contribution is 0.403. The minimum absolute atomic E-state index is 0.161. The van der Waals surface area contributed by atoms with Crippen molar-refractivity contribution in [3.8, 4) is 0 Å². The summed E-state index contributed by atoms with van der Waals surface area (Å²) in [4.78, 5) is 0. The van der Waals surface area contributed by atoms with E-state index in [9.17, 15) is 4.39 Å². The van der Waals surface area contributed by atoms with E-state index in [0.29, 0.717) is 5.41 Å². The minimum Gasteiger partial charge on any atom is -0.207 e. The van der Waals surface area contributed by atoms with Gasteiger partial charge in [-0.2, -0.15) is 0 Å². The number of halogens is 1. The van der Waals surface area contributed by atoms with Gasteiger partial charge < -0.3 is 0 Å². The molecule has 0 aromatic heterocycles. The lowest BCUT2D eigenvalue weighted by Gasteiger charge is -2.16.